The summed E-state index contributed by atoms with van der Waals surface area (Å²) in [4.78, 5) is 13.8. The zero-order valence-electron chi connectivity index (χ0n) is 10.3. The zero-order valence-corrected chi connectivity index (χ0v) is 11.2. The minimum absolute atomic E-state index is 0.0603. The van der Waals surface area contributed by atoms with Crippen LogP contribution in [0.2, 0.25) is 0 Å². The van der Waals surface area contributed by atoms with E-state index in [0.29, 0.717) is 6.07 Å². The monoisotopic (exact) mass is 320 g/mol. The summed E-state index contributed by atoms with van der Waals surface area (Å²) in [5.41, 5.74) is -0.885. The van der Waals surface area contributed by atoms with Crippen LogP contribution in [-0.4, -0.2) is 22.7 Å². The lowest BCUT2D eigenvalue weighted by Crippen LogP contribution is -2.17. The van der Waals surface area contributed by atoms with Crippen LogP contribution in [0.5, 0.6) is 5.75 Å². The van der Waals surface area contributed by atoms with Crippen LogP contribution in [0.3, 0.4) is 0 Å². The SMILES string of the molecule is CSC(=Nc1ccc(OC(F)(F)F)cc1[N+](=O)[O-])NC#N. The van der Waals surface area contributed by atoms with Gasteiger partial charge in [-0.05, 0) is 18.4 Å². The fourth-order valence-corrected chi connectivity index (χ4v) is 1.56. The molecule has 1 rings (SSSR count). The van der Waals surface area contributed by atoms with Gasteiger partial charge in [0.25, 0.3) is 5.69 Å². The first-order valence-corrected chi connectivity index (χ1v) is 6.31. The molecule has 11 heteroatoms. The number of nitrogens with zero attached hydrogens (tertiary/aromatic N) is 3. The van der Waals surface area contributed by atoms with E-state index >= 15 is 0 Å². The molecule has 1 N–H and O–H groups in total. The molecule has 0 aliphatic rings. The van der Waals surface area contributed by atoms with Crippen molar-refractivity contribution in [3.05, 3.63) is 28.3 Å². The van der Waals surface area contributed by atoms with Gasteiger partial charge in [0.15, 0.2) is 11.4 Å². The number of nitro benzene ring substituents is 1. The number of nitriles is 1. The van der Waals surface area contributed by atoms with E-state index in [-0.39, 0.29) is 10.9 Å². The van der Waals surface area contributed by atoms with E-state index in [0.717, 1.165) is 23.9 Å². The summed E-state index contributed by atoms with van der Waals surface area (Å²) in [5, 5.41) is 21.6. The fraction of sp³-hybridized carbons (Fsp3) is 0.200. The first kappa shape index (κ1) is 16.6. The van der Waals surface area contributed by atoms with Crippen LogP contribution in [-0.2, 0) is 0 Å². The van der Waals surface area contributed by atoms with Gasteiger partial charge < -0.3 is 4.74 Å². The number of alkyl halides is 3. The predicted molar refractivity (Wildman–Crippen MR) is 69.1 cm³/mol. The largest absolute Gasteiger partial charge is 0.573 e. The Hall–Kier alpha value is -2.48. The molecule has 0 saturated heterocycles. The Labute approximate surface area is 120 Å². The average molecular weight is 320 g/mol. The third-order valence-corrected chi connectivity index (χ3v) is 2.54. The standard InChI is InChI=1S/C10H7F3N4O3S/c1-21-9(15-5-14)16-7-3-2-6(20-10(11,12)13)4-8(7)17(18)19/h2-4H,1H3,(H,15,16). The molecule has 0 spiro atoms. The van der Waals surface area contributed by atoms with Crippen molar-refractivity contribution in [1.82, 2.24) is 5.32 Å². The van der Waals surface area contributed by atoms with E-state index in [9.17, 15) is 23.3 Å². The van der Waals surface area contributed by atoms with Gasteiger partial charge in [0, 0.05) is 0 Å². The van der Waals surface area contributed by atoms with Gasteiger partial charge in [0.2, 0.25) is 0 Å². The number of benzene rings is 1. The molecule has 7 nitrogen and oxygen atoms in total. The van der Waals surface area contributed by atoms with Crippen molar-refractivity contribution in [3.8, 4) is 11.9 Å². The van der Waals surface area contributed by atoms with E-state index in [1.807, 2.05) is 0 Å². The molecule has 112 valence electrons. The quantitative estimate of drug-likeness (QED) is 0.229. The highest BCUT2D eigenvalue weighted by Crippen LogP contribution is 2.34. The number of nitro groups is 1. The van der Waals surface area contributed by atoms with Crippen LogP contribution in [0.1, 0.15) is 0 Å². The second-order valence-electron chi connectivity index (χ2n) is 3.31. The molecule has 1 aromatic carbocycles. The molecule has 0 radical (unpaired) electrons. The van der Waals surface area contributed by atoms with Crippen LogP contribution in [0, 0.1) is 21.6 Å². The van der Waals surface area contributed by atoms with Crippen molar-refractivity contribution >= 4 is 28.3 Å². The summed E-state index contributed by atoms with van der Waals surface area (Å²) in [6.07, 6.45) is -1.80. The number of thioether (sulfide) groups is 1. The number of hydrogen-bond donors (Lipinski definition) is 1. The van der Waals surface area contributed by atoms with E-state index in [4.69, 9.17) is 5.26 Å². The Morgan fingerprint density at radius 1 is 1.57 bits per heavy atom. The molecule has 1 aromatic rings. The number of ether oxygens (including phenoxy) is 1. The molecule has 0 heterocycles. The van der Waals surface area contributed by atoms with Crippen molar-refractivity contribution in [2.45, 2.75) is 6.36 Å². The predicted octanol–water partition coefficient (Wildman–Crippen LogP) is 2.91. The highest BCUT2D eigenvalue weighted by atomic mass is 32.2. The Balaban J connectivity index is 3.23. The molecule has 0 atom stereocenters. The number of nitrogens with one attached hydrogen (secondary N) is 1. The van der Waals surface area contributed by atoms with Crippen LogP contribution < -0.4 is 10.1 Å². The molecule has 0 amide bonds. The summed E-state index contributed by atoms with van der Waals surface area (Å²) in [6.45, 7) is 0. The Kier molecular flexibility index (Phi) is 5.37. The number of hydrogen-bond acceptors (Lipinski definition) is 6. The third kappa shape index (κ3) is 5.19. The normalized spacial score (nSPS) is 11.7. The van der Waals surface area contributed by atoms with Crippen molar-refractivity contribution < 1.29 is 22.8 Å². The first-order valence-electron chi connectivity index (χ1n) is 5.09. The fourth-order valence-electron chi connectivity index (χ4n) is 1.22. The molecule has 0 bridgehead atoms. The smallest absolute Gasteiger partial charge is 0.406 e. The van der Waals surface area contributed by atoms with E-state index in [1.54, 1.807) is 12.4 Å². The van der Waals surface area contributed by atoms with Crippen LogP contribution >= 0.6 is 11.8 Å². The number of amidine groups is 1. The maximum absolute atomic E-state index is 12.1. The first-order chi connectivity index (χ1) is 9.76. The lowest BCUT2D eigenvalue weighted by molar-refractivity contribution is -0.384. The zero-order chi connectivity index (χ0) is 16.0. The van der Waals surface area contributed by atoms with Gasteiger partial charge >= 0.3 is 6.36 Å². The molecular weight excluding hydrogens is 313 g/mol. The molecule has 21 heavy (non-hydrogen) atoms. The van der Waals surface area contributed by atoms with Crippen LogP contribution in [0.15, 0.2) is 23.2 Å². The maximum Gasteiger partial charge on any atom is 0.573 e. The topological polar surface area (TPSA) is 101 Å². The Bertz CT molecular complexity index is 613. The van der Waals surface area contributed by atoms with Crippen molar-refractivity contribution in [1.29, 1.82) is 5.26 Å². The van der Waals surface area contributed by atoms with Gasteiger partial charge in [-0.1, -0.05) is 11.8 Å². The molecule has 0 aliphatic heterocycles. The van der Waals surface area contributed by atoms with Gasteiger partial charge in [-0.25, -0.2) is 4.99 Å². The summed E-state index contributed by atoms with van der Waals surface area (Å²) < 4.78 is 39.8. The van der Waals surface area contributed by atoms with E-state index < -0.39 is 22.7 Å². The summed E-state index contributed by atoms with van der Waals surface area (Å²) in [7, 11) is 0. The molecule has 0 saturated carbocycles. The van der Waals surface area contributed by atoms with Crippen molar-refractivity contribution in [2.75, 3.05) is 6.26 Å². The second-order valence-corrected chi connectivity index (χ2v) is 4.11. The van der Waals surface area contributed by atoms with E-state index in [2.05, 4.69) is 15.0 Å². The third-order valence-electron chi connectivity index (χ3n) is 1.96. The van der Waals surface area contributed by atoms with E-state index in [1.165, 1.54) is 0 Å². The summed E-state index contributed by atoms with van der Waals surface area (Å²) in [6, 6.07) is 2.49. The van der Waals surface area contributed by atoms with Gasteiger partial charge in [0.1, 0.15) is 11.4 Å². The number of rotatable bonds is 3. The molecule has 0 aromatic heterocycles. The molecule has 0 unspecified atom stereocenters. The Morgan fingerprint density at radius 2 is 2.24 bits per heavy atom. The summed E-state index contributed by atoms with van der Waals surface area (Å²) in [5.74, 6) is -0.730. The van der Waals surface area contributed by atoms with Gasteiger partial charge in [-0.2, -0.15) is 5.26 Å². The van der Waals surface area contributed by atoms with Crippen LogP contribution in [0.4, 0.5) is 24.5 Å². The maximum atomic E-state index is 12.1. The minimum atomic E-state index is -4.95. The Morgan fingerprint density at radius 3 is 2.71 bits per heavy atom. The van der Waals surface area contributed by atoms with Gasteiger partial charge in [-0.3, -0.25) is 15.4 Å². The summed E-state index contributed by atoms with van der Waals surface area (Å²) >= 11 is 1.01. The lowest BCUT2D eigenvalue weighted by Gasteiger charge is -2.09. The average Bonchev–Trinajstić information content (AvgIpc) is 2.37. The van der Waals surface area contributed by atoms with Crippen molar-refractivity contribution in [2.24, 2.45) is 4.99 Å². The lowest BCUT2D eigenvalue weighted by atomic mass is 10.2. The molecule has 0 fully saturated rings. The molecular formula is C10H7F3N4O3S. The van der Waals surface area contributed by atoms with Gasteiger partial charge in [-0.15, -0.1) is 13.2 Å². The number of aliphatic imine (C=N–C) groups is 1. The minimum Gasteiger partial charge on any atom is -0.406 e. The van der Waals surface area contributed by atoms with Gasteiger partial charge in [0.05, 0.1) is 11.0 Å². The highest BCUT2D eigenvalue weighted by molar-refractivity contribution is 8.13. The van der Waals surface area contributed by atoms with Crippen molar-refractivity contribution in [3.63, 3.8) is 0 Å². The second kappa shape index (κ2) is 6.80. The highest BCUT2D eigenvalue weighted by Gasteiger charge is 2.32. The molecule has 0 aliphatic carbocycles. The number of halogens is 3. The van der Waals surface area contributed by atoms with Crippen LogP contribution in [0.25, 0.3) is 0 Å².